The Morgan fingerprint density at radius 3 is 2.08 bits per heavy atom. The zero-order valence-electron chi connectivity index (χ0n) is 51.0. The van der Waals surface area contributed by atoms with Crippen molar-refractivity contribution in [1.29, 1.82) is 0 Å². The zero-order chi connectivity index (χ0) is 58.5. The number of nitrogens with one attached hydrogen (secondary N) is 2. The number of hydrazine groups is 1. The minimum absolute atomic E-state index is 0.156. The monoisotopic (exact) mass is 1080 g/mol. The number of ether oxygens (including phenoxy) is 4. The maximum Gasteiger partial charge on any atom is 0.244 e. The highest BCUT2D eigenvalue weighted by atomic mass is 16.5. The van der Waals surface area contributed by atoms with Crippen LogP contribution in [0.4, 0.5) is 0 Å². The van der Waals surface area contributed by atoms with E-state index in [1.54, 1.807) is 0 Å². The molecule has 0 aromatic heterocycles. The summed E-state index contributed by atoms with van der Waals surface area (Å²) in [4.78, 5) is 0. The number of nitrogens with zero attached hydrogens (tertiary/aromatic N) is 3. The predicted octanol–water partition coefficient (Wildman–Crippen LogP) is 15.1. The van der Waals surface area contributed by atoms with E-state index in [-0.39, 0.29) is 18.1 Å². The van der Waals surface area contributed by atoms with E-state index in [1.165, 1.54) is 58.3 Å². The van der Waals surface area contributed by atoms with E-state index in [1.807, 2.05) is 91.0 Å². The molecule has 0 amide bonds. The van der Waals surface area contributed by atoms with Gasteiger partial charge in [0.2, 0.25) is 11.8 Å². The Morgan fingerprint density at radius 1 is 0.897 bits per heavy atom. The summed E-state index contributed by atoms with van der Waals surface area (Å²) in [5.74, 6) is 20.6. The van der Waals surface area contributed by atoms with Gasteiger partial charge in [-0.25, -0.2) is 5.43 Å². The standard InChI is InChI=1S/C31H52N4O.C16H18O.C8H10.C7H16N4O2.2C2H6/c1-7-24-16-17-25(20-29(24)31(8-2,9-3)10-4)26-19-28(34-33-21-26)22-36-30(6,35-32)27-14-12-11-13-23(5)15-18-27;1-3-4-9-15(2)10-8-13-17-14-16-11-6-5-7-12-16;1-2-8-6-4-3-5-7-8;1-3-6(10-8)13-5-7(11-9)12-4-2;2*1-2/h7,14,20-21,23,26,28,34-35H,1,8-13,15-19,22,32H2,2-6H3;1,5-12H,4,13-14H2,2H3;3-7H,2H2,1H3;3-5,8-9H2,1-2H3;2*1-2H3/b27-14+;10-8-,15-9-;;10-6-,11-7-;;. The van der Waals surface area contributed by atoms with Crippen molar-refractivity contribution in [1.82, 2.24) is 10.9 Å². The molecule has 12 heteroatoms. The minimum atomic E-state index is -0.642. The summed E-state index contributed by atoms with van der Waals surface area (Å²) >= 11 is 0. The first-order valence-corrected chi connectivity index (χ1v) is 29.3. The molecule has 2 aromatic carbocycles. The highest BCUT2D eigenvalue weighted by Gasteiger charge is 2.34. The predicted molar refractivity (Wildman–Crippen MR) is 335 cm³/mol. The molecule has 5 rings (SSSR count). The van der Waals surface area contributed by atoms with Crippen LogP contribution in [0.25, 0.3) is 0 Å². The molecule has 12 nitrogen and oxygen atoms in total. The Morgan fingerprint density at radius 2 is 1.54 bits per heavy atom. The lowest BCUT2D eigenvalue weighted by Crippen LogP contribution is -2.53. The second kappa shape index (κ2) is 45.2. The second-order valence-electron chi connectivity index (χ2n) is 19.2. The number of terminal acetylenes is 1. The van der Waals surface area contributed by atoms with Crippen molar-refractivity contribution in [3.63, 3.8) is 0 Å². The molecule has 0 saturated heterocycles. The number of benzene rings is 2. The smallest absolute Gasteiger partial charge is 0.244 e. The molecular formula is C66H108N8O4. The van der Waals surface area contributed by atoms with Crippen LogP contribution in [-0.4, -0.2) is 56.2 Å². The van der Waals surface area contributed by atoms with Crippen molar-refractivity contribution in [3.8, 4) is 12.3 Å². The number of hydrogen-bond donors (Lipinski definition) is 5. The molecule has 1 aliphatic heterocycles. The maximum absolute atomic E-state index is 6.50. The Balaban J connectivity index is 0.00000116. The summed E-state index contributed by atoms with van der Waals surface area (Å²) in [6.07, 6.45) is 35.2. The summed E-state index contributed by atoms with van der Waals surface area (Å²) in [6, 6.07) is 20.8. The van der Waals surface area contributed by atoms with Gasteiger partial charge in [-0.2, -0.15) is 5.10 Å². The lowest BCUT2D eigenvalue weighted by molar-refractivity contribution is -0.0432. The van der Waals surface area contributed by atoms with Crippen LogP contribution in [-0.2, 0) is 32.0 Å². The number of rotatable bonds is 22. The third-order valence-electron chi connectivity index (χ3n) is 14.2. The quantitative estimate of drug-likeness (QED) is 0.00884. The van der Waals surface area contributed by atoms with Crippen LogP contribution in [0.2, 0.25) is 0 Å². The number of allylic oxidation sites excluding steroid dienone is 9. The molecule has 0 saturated carbocycles. The molecule has 436 valence electrons. The lowest BCUT2D eigenvalue weighted by Gasteiger charge is -2.38. The molecule has 0 bridgehead atoms. The molecule has 3 aliphatic rings. The minimum Gasteiger partial charge on any atom is -0.478 e. The normalized spacial score (nSPS) is 19.0. The summed E-state index contributed by atoms with van der Waals surface area (Å²) in [6.45, 7) is 34.0. The van der Waals surface area contributed by atoms with Crippen molar-refractivity contribution in [2.45, 2.75) is 198 Å². The number of hydrogen-bond acceptors (Lipinski definition) is 12. The fourth-order valence-corrected chi connectivity index (χ4v) is 9.13. The van der Waals surface area contributed by atoms with Gasteiger partial charge in [-0.3, -0.25) is 5.84 Å². The third-order valence-corrected chi connectivity index (χ3v) is 14.2. The van der Waals surface area contributed by atoms with Gasteiger partial charge in [-0.1, -0.05) is 191 Å². The molecule has 0 radical (unpaired) electrons. The van der Waals surface area contributed by atoms with Gasteiger partial charge < -0.3 is 36.1 Å². The van der Waals surface area contributed by atoms with E-state index in [2.05, 4.69) is 141 Å². The van der Waals surface area contributed by atoms with Gasteiger partial charge in [0.15, 0.2) is 12.3 Å². The SMILES string of the molecule is C#CC/C=C(C)\C=C/COCc1ccccc1.C=CC1=C(C(CC)(CC)CC)C=C(C2C=NNC(COC(C)(NN)/C3=C/CCCC(C)CC3)C2)CC1.CC.CC.CCO/C(CO/C(CC)=N\N)=N\N.CCc1ccccc1. The van der Waals surface area contributed by atoms with Gasteiger partial charge in [0, 0.05) is 25.0 Å². The van der Waals surface area contributed by atoms with Gasteiger partial charge in [-0.15, -0.1) is 22.5 Å². The first-order valence-electron chi connectivity index (χ1n) is 29.3. The van der Waals surface area contributed by atoms with Crippen LogP contribution in [0, 0.1) is 29.6 Å². The van der Waals surface area contributed by atoms with E-state index < -0.39 is 5.72 Å². The molecule has 2 aliphatic carbocycles. The van der Waals surface area contributed by atoms with E-state index in [0.717, 1.165) is 63.7 Å². The molecule has 8 N–H and O–H groups in total. The highest BCUT2D eigenvalue weighted by molar-refractivity contribution is 5.82. The van der Waals surface area contributed by atoms with Gasteiger partial charge in [0.05, 0.1) is 32.5 Å². The molecule has 78 heavy (non-hydrogen) atoms. The maximum atomic E-state index is 6.50. The van der Waals surface area contributed by atoms with Crippen LogP contribution in [0.5, 0.6) is 0 Å². The first-order chi connectivity index (χ1) is 37.9. The molecule has 4 unspecified atom stereocenters. The van der Waals surface area contributed by atoms with E-state index in [9.17, 15) is 0 Å². The largest absolute Gasteiger partial charge is 0.478 e. The fourth-order valence-electron chi connectivity index (χ4n) is 9.13. The fraction of sp³-hybridized carbons (Fsp3) is 0.561. The number of aryl methyl sites for hydroxylation is 1. The molecule has 2 aromatic rings. The highest BCUT2D eigenvalue weighted by Crippen LogP contribution is 2.46. The average Bonchev–Trinajstić information content (AvgIpc) is 3.50. The number of nitrogens with two attached hydrogens (primary N) is 3. The Labute approximate surface area is 475 Å². The molecule has 0 fully saturated rings. The van der Waals surface area contributed by atoms with Crippen LogP contribution >= 0.6 is 0 Å². The second-order valence-corrected chi connectivity index (χ2v) is 19.2. The van der Waals surface area contributed by atoms with E-state index in [4.69, 9.17) is 42.9 Å². The van der Waals surface area contributed by atoms with Crippen molar-refractivity contribution in [3.05, 3.63) is 143 Å². The first kappa shape index (κ1) is 72.3. The topological polar surface area (TPSA) is 176 Å². The van der Waals surface area contributed by atoms with Crippen LogP contribution in [0.1, 0.15) is 185 Å². The van der Waals surface area contributed by atoms with E-state index in [0.29, 0.717) is 57.0 Å². The lowest BCUT2D eigenvalue weighted by atomic mass is 9.68. The number of hydrazone groups is 3. The Bertz CT molecular complexity index is 2160. The van der Waals surface area contributed by atoms with Crippen molar-refractivity contribution in [2.24, 2.45) is 50.1 Å². The summed E-state index contributed by atoms with van der Waals surface area (Å²) in [7, 11) is 0. The zero-order valence-corrected chi connectivity index (χ0v) is 51.0. The van der Waals surface area contributed by atoms with Crippen molar-refractivity contribution >= 4 is 18.0 Å². The Kier molecular flexibility index (Phi) is 41.9. The van der Waals surface area contributed by atoms with Gasteiger partial charge in [-0.05, 0) is 131 Å². The van der Waals surface area contributed by atoms with Crippen LogP contribution in [0.15, 0.2) is 147 Å². The van der Waals surface area contributed by atoms with Crippen LogP contribution < -0.4 is 28.4 Å². The van der Waals surface area contributed by atoms with Crippen molar-refractivity contribution < 1.29 is 18.9 Å². The molecule has 0 spiro atoms. The summed E-state index contributed by atoms with van der Waals surface area (Å²) in [5.41, 5.74) is 15.4. The third kappa shape index (κ3) is 28.3. The van der Waals surface area contributed by atoms with Crippen LogP contribution in [0.3, 0.4) is 0 Å². The molecule has 4 atom stereocenters. The molecular weight excluding hydrogens is 969 g/mol. The molecule has 1 heterocycles. The summed E-state index contributed by atoms with van der Waals surface area (Å²) < 4.78 is 22.2. The average molecular weight is 1080 g/mol. The summed E-state index contributed by atoms with van der Waals surface area (Å²) in [5, 5.41) is 11.4. The van der Waals surface area contributed by atoms with Gasteiger partial charge in [0.25, 0.3) is 0 Å². The van der Waals surface area contributed by atoms with Gasteiger partial charge in [0.1, 0.15) is 0 Å². The van der Waals surface area contributed by atoms with E-state index >= 15 is 0 Å². The Hall–Kier alpha value is -5.71. The van der Waals surface area contributed by atoms with Gasteiger partial charge >= 0.3 is 0 Å². The van der Waals surface area contributed by atoms with Crippen molar-refractivity contribution in [2.75, 3.05) is 26.4 Å².